The van der Waals surface area contributed by atoms with Crippen molar-refractivity contribution in [3.63, 3.8) is 0 Å². The van der Waals surface area contributed by atoms with Gasteiger partial charge in [-0.1, -0.05) is 36.4 Å². The van der Waals surface area contributed by atoms with Gasteiger partial charge in [0.1, 0.15) is 5.75 Å². The average Bonchev–Trinajstić information content (AvgIpc) is 2.42. The van der Waals surface area contributed by atoms with E-state index in [4.69, 9.17) is 9.84 Å². The van der Waals surface area contributed by atoms with E-state index in [1.54, 1.807) is 7.11 Å². The average molecular weight is 242 g/mol. The van der Waals surface area contributed by atoms with Crippen LogP contribution in [0.4, 0.5) is 0 Å². The summed E-state index contributed by atoms with van der Waals surface area (Å²) in [6.45, 7) is 0.206. The van der Waals surface area contributed by atoms with Crippen molar-refractivity contribution >= 4 is 0 Å². The van der Waals surface area contributed by atoms with Gasteiger partial charge < -0.3 is 9.84 Å². The quantitative estimate of drug-likeness (QED) is 0.873. The van der Waals surface area contributed by atoms with Gasteiger partial charge in [0.15, 0.2) is 0 Å². The molecule has 0 aliphatic rings. The number of aliphatic hydroxyl groups is 1. The molecule has 0 aromatic heterocycles. The van der Waals surface area contributed by atoms with E-state index in [-0.39, 0.29) is 6.61 Å². The third kappa shape index (κ3) is 3.34. The van der Waals surface area contributed by atoms with Gasteiger partial charge in [0.2, 0.25) is 0 Å². The van der Waals surface area contributed by atoms with Gasteiger partial charge in [-0.05, 0) is 41.7 Å². The van der Waals surface area contributed by atoms with Gasteiger partial charge >= 0.3 is 0 Å². The standard InChI is InChI=1S/C16H18O2/c1-18-16-8-6-15(7-9-16)12-14-4-2-13(3-5-14)10-11-17/h2-9,17H,10-12H2,1H3. The van der Waals surface area contributed by atoms with Crippen LogP contribution in [0.3, 0.4) is 0 Å². The SMILES string of the molecule is COc1ccc(Cc2ccc(CCO)cc2)cc1. The first-order valence-electron chi connectivity index (χ1n) is 6.13. The van der Waals surface area contributed by atoms with Gasteiger partial charge in [0.25, 0.3) is 0 Å². The van der Waals surface area contributed by atoms with Gasteiger partial charge in [-0.25, -0.2) is 0 Å². The first-order chi connectivity index (χ1) is 8.81. The summed E-state index contributed by atoms with van der Waals surface area (Å²) in [6, 6.07) is 16.5. The Hall–Kier alpha value is -1.80. The number of ether oxygens (including phenoxy) is 1. The molecule has 2 aromatic carbocycles. The smallest absolute Gasteiger partial charge is 0.118 e. The Morgan fingerprint density at radius 3 is 1.83 bits per heavy atom. The molecule has 2 heteroatoms. The first-order valence-corrected chi connectivity index (χ1v) is 6.13. The Labute approximate surface area is 108 Å². The molecule has 0 aliphatic carbocycles. The molecule has 0 saturated carbocycles. The summed E-state index contributed by atoms with van der Waals surface area (Å²) in [5.41, 5.74) is 3.73. The van der Waals surface area contributed by atoms with Crippen LogP contribution in [0.25, 0.3) is 0 Å². The van der Waals surface area contributed by atoms with Gasteiger partial charge in [-0.3, -0.25) is 0 Å². The van der Waals surface area contributed by atoms with Crippen molar-refractivity contribution in [1.29, 1.82) is 0 Å². The van der Waals surface area contributed by atoms with Crippen molar-refractivity contribution in [1.82, 2.24) is 0 Å². The molecule has 1 N–H and O–H groups in total. The monoisotopic (exact) mass is 242 g/mol. The largest absolute Gasteiger partial charge is 0.497 e. The van der Waals surface area contributed by atoms with E-state index in [9.17, 15) is 0 Å². The molecule has 2 nitrogen and oxygen atoms in total. The lowest BCUT2D eigenvalue weighted by molar-refractivity contribution is 0.299. The highest BCUT2D eigenvalue weighted by atomic mass is 16.5. The fourth-order valence-corrected chi connectivity index (χ4v) is 1.93. The molecule has 0 atom stereocenters. The van der Waals surface area contributed by atoms with Crippen LogP contribution >= 0.6 is 0 Å². The number of methoxy groups -OCH3 is 1. The summed E-state index contributed by atoms with van der Waals surface area (Å²) in [5, 5.41) is 8.86. The molecule has 0 saturated heterocycles. The molecule has 0 bridgehead atoms. The van der Waals surface area contributed by atoms with Gasteiger partial charge in [-0.15, -0.1) is 0 Å². The minimum Gasteiger partial charge on any atom is -0.497 e. The number of hydrogen-bond acceptors (Lipinski definition) is 2. The Morgan fingerprint density at radius 2 is 1.33 bits per heavy atom. The van der Waals surface area contributed by atoms with Crippen molar-refractivity contribution in [2.75, 3.05) is 13.7 Å². The van der Waals surface area contributed by atoms with E-state index in [2.05, 4.69) is 36.4 Å². The molecule has 2 rings (SSSR count). The molecule has 0 unspecified atom stereocenters. The molecule has 0 fully saturated rings. The normalized spacial score (nSPS) is 10.3. The number of hydrogen-bond donors (Lipinski definition) is 1. The predicted molar refractivity (Wildman–Crippen MR) is 73.0 cm³/mol. The highest BCUT2D eigenvalue weighted by Gasteiger charge is 1.98. The van der Waals surface area contributed by atoms with Crippen molar-refractivity contribution in [2.24, 2.45) is 0 Å². The zero-order valence-electron chi connectivity index (χ0n) is 10.6. The summed E-state index contributed by atoms with van der Waals surface area (Å²) >= 11 is 0. The van der Waals surface area contributed by atoms with Crippen LogP contribution < -0.4 is 4.74 Å². The Morgan fingerprint density at radius 1 is 0.833 bits per heavy atom. The van der Waals surface area contributed by atoms with E-state index in [1.165, 1.54) is 16.7 Å². The lowest BCUT2D eigenvalue weighted by Gasteiger charge is -2.05. The maximum Gasteiger partial charge on any atom is 0.118 e. The van der Waals surface area contributed by atoms with Crippen LogP contribution in [0.15, 0.2) is 48.5 Å². The van der Waals surface area contributed by atoms with Crippen LogP contribution in [-0.2, 0) is 12.8 Å². The zero-order chi connectivity index (χ0) is 12.8. The van der Waals surface area contributed by atoms with Crippen molar-refractivity contribution in [3.8, 4) is 5.75 Å². The summed E-state index contributed by atoms with van der Waals surface area (Å²) in [5.74, 6) is 0.886. The van der Waals surface area contributed by atoms with Gasteiger partial charge in [0, 0.05) is 6.61 Å². The highest BCUT2D eigenvalue weighted by molar-refractivity contribution is 5.32. The maximum absolute atomic E-state index is 8.86. The van der Waals surface area contributed by atoms with E-state index in [1.807, 2.05) is 12.1 Å². The van der Waals surface area contributed by atoms with Crippen molar-refractivity contribution in [3.05, 3.63) is 65.2 Å². The van der Waals surface area contributed by atoms with Crippen LogP contribution in [0, 0.1) is 0 Å². The van der Waals surface area contributed by atoms with E-state index >= 15 is 0 Å². The molecular formula is C16H18O2. The second kappa shape index (κ2) is 6.22. The summed E-state index contributed by atoms with van der Waals surface area (Å²) in [4.78, 5) is 0. The molecule has 0 amide bonds. The first kappa shape index (κ1) is 12.7. The topological polar surface area (TPSA) is 29.5 Å². The highest BCUT2D eigenvalue weighted by Crippen LogP contribution is 2.15. The summed E-state index contributed by atoms with van der Waals surface area (Å²) < 4.78 is 5.14. The summed E-state index contributed by atoms with van der Waals surface area (Å²) in [6.07, 6.45) is 1.65. The van der Waals surface area contributed by atoms with Gasteiger partial charge in [-0.2, -0.15) is 0 Å². The fourth-order valence-electron chi connectivity index (χ4n) is 1.93. The van der Waals surface area contributed by atoms with E-state index in [0.717, 1.165) is 18.6 Å². The molecule has 0 radical (unpaired) electrons. The van der Waals surface area contributed by atoms with Crippen LogP contribution in [0.1, 0.15) is 16.7 Å². The predicted octanol–water partition coefficient (Wildman–Crippen LogP) is 2.82. The lowest BCUT2D eigenvalue weighted by atomic mass is 10.0. The van der Waals surface area contributed by atoms with E-state index < -0.39 is 0 Å². The molecule has 0 aliphatic heterocycles. The molecule has 18 heavy (non-hydrogen) atoms. The fraction of sp³-hybridized carbons (Fsp3) is 0.250. The lowest BCUT2D eigenvalue weighted by Crippen LogP contribution is -1.92. The zero-order valence-corrected chi connectivity index (χ0v) is 10.6. The summed E-state index contributed by atoms with van der Waals surface area (Å²) in [7, 11) is 1.68. The van der Waals surface area contributed by atoms with Crippen LogP contribution in [0.2, 0.25) is 0 Å². The van der Waals surface area contributed by atoms with Gasteiger partial charge in [0.05, 0.1) is 7.11 Å². The third-order valence-electron chi connectivity index (χ3n) is 2.99. The Bertz CT molecular complexity index is 471. The maximum atomic E-state index is 8.86. The Balaban J connectivity index is 2.03. The minimum absolute atomic E-state index is 0.206. The van der Waals surface area contributed by atoms with Crippen LogP contribution in [-0.4, -0.2) is 18.8 Å². The number of aliphatic hydroxyl groups excluding tert-OH is 1. The van der Waals surface area contributed by atoms with Crippen molar-refractivity contribution in [2.45, 2.75) is 12.8 Å². The molecule has 94 valence electrons. The molecular weight excluding hydrogens is 224 g/mol. The number of benzene rings is 2. The third-order valence-corrected chi connectivity index (χ3v) is 2.99. The minimum atomic E-state index is 0.206. The molecule has 2 aromatic rings. The molecule has 0 spiro atoms. The van der Waals surface area contributed by atoms with Crippen LogP contribution in [0.5, 0.6) is 5.75 Å². The number of rotatable bonds is 5. The molecule has 0 heterocycles. The van der Waals surface area contributed by atoms with E-state index in [0.29, 0.717) is 0 Å². The second-order valence-corrected chi connectivity index (χ2v) is 4.31. The Kier molecular flexibility index (Phi) is 4.37. The second-order valence-electron chi connectivity index (χ2n) is 4.31. The van der Waals surface area contributed by atoms with Crippen molar-refractivity contribution < 1.29 is 9.84 Å².